The summed E-state index contributed by atoms with van der Waals surface area (Å²) < 4.78 is 41.2. The fourth-order valence-electron chi connectivity index (χ4n) is 3.12. The van der Waals surface area contributed by atoms with Gasteiger partial charge in [0.25, 0.3) is 0 Å². The van der Waals surface area contributed by atoms with E-state index in [0.717, 1.165) is 12.7 Å². The largest absolute Gasteiger partial charge is 0.312 e. The standard InChI is InChI=1S/C14H14FN3O2S/c15-11-6-16-4-9-2-1-3-13(14(9)11)21(19,20)18-7-10-5-17-12(10)8-18/h1-4,6,10,12,17H,5,7-8H2. The van der Waals surface area contributed by atoms with Gasteiger partial charge in [0.15, 0.2) is 5.82 Å². The Morgan fingerprint density at radius 3 is 2.81 bits per heavy atom. The van der Waals surface area contributed by atoms with E-state index in [2.05, 4.69) is 10.3 Å². The van der Waals surface area contributed by atoms with Crippen LogP contribution in [0, 0.1) is 11.7 Å². The molecule has 2 aromatic rings. The Labute approximate surface area is 121 Å². The number of halogens is 1. The number of pyridine rings is 1. The summed E-state index contributed by atoms with van der Waals surface area (Å²) in [5.74, 6) is -0.228. The van der Waals surface area contributed by atoms with Crippen LogP contribution in [-0.2, 0) is 10.0 Å². The fraction of sp³-hybridized carbons (Fsp3) is 0.357. The summed E-state index contributed by atoms with van der Waals surface area (Å²) in [7, 11) is -3.69. The zero-order valence-corrected chi connectivity index (χ0v) is 12.0. The minimum atomic E-state index is -3.69. The van der Waals surface area contributed by atoms with E-state index in [0.29, 0.717) is 24.4 Å². The molecule has 2 unspecified atom stereocenters. The van der Waals surface area contributed by atoms with Crippen LogP contribution in [0.2, 0.25) is 0 Å². The number of hydrogen-bond acceptors (Lipinski definition) is 4. The highest BCUT2D eigenvalue weighted by molar-refractivity contribution is 7.89. The first-order valence-electron chi connectivity index (χ1n) is 6.83. The third kappa shape index (κ3) is 1.88. The summed E-state index contributed by atoms with van der Waals surface area (Å²) in [6, 6.07) is 4.99. The van der Waals surface area contributed by atoms with E-state index in [4.69, 9.17) is 0 Å². The minimum absolute atomic E-state index is 0.0289. The van der Waals surface area contributed by atoms with Crippen LogP contribution >= 0.6 is 0 Å². The van der Waals surface area contributed by atoms with E-state index in [1.807, 2.05) is 0 Å². The highest BCUT2D eigenvalue weighted by Gasteiger charge is 2.44. The first-order chi connectivity index (χ1) is 10.1. The number of sulfonamides is 1. The smallest absolute Gasteiger partial charge is 0.243 e. The first kappa shape index (κ1) is 13.1. The van der Waals surface area contributed by atoms with Gasteiger partial charge in [-0.25, -0.2) is 12.8 Å². The van der Waals surface area contributed by atoms with E-state index < -0.39 is 15.8 Å². The van der Waals surface area contributed by atoms with Crippen molar-refractivity contribution in [2.45, 2.75) is 10.9 Å². The summed E-state index contributed by atoms with van der Waals surface area (Å²) >= 11 is 0. The molecule has 0 bridgehead atoms. The molecule has 2 aliphatic heterocycles. The lowest BCUT2D eigenvalue weighted by atomic mass is 9.96. The monoisotopic (exact) mass is 307 g/mol. The summed E-state index contributed by atoms with van der Waals surface area (Å²) in [6.45, 7) is 1.81. The second-order valence-corrected chi connectivity index (χ2v) is 7.48. The van der Waals surface area contributed by atoms with Crippen LogP contribution in [0.25, 0.3) is 10.8 Å². The maximum atomic E-state index is 14.1. The molecule has 0 radical (unpaired) electrons. The third-order valence-corrected chi connectivity index (χ3v) is 6.24. The molecule has 0 spiro atoms. The highest BCUT2D eigenvalue weighted by Crippen LogP contribution is 2.32. The van der Waals surface area contributed by atoms with Gasteiger partial charge in [-0.15, -0.1) is 0 Å². The number of benzene rings is 1. The predicted octanol–water partition coefficient (Wildman–Crippen LogP) is 0.966. The summed E-state index contributed by atoms with van der Waals surface area (Å²) in [6.07, 6.45) is 2.53. The molecule has 2 fully saturated rings. The maximum Gasteiger partial charge on any atom is 0.243 e. The molecule has 5 nitrogen and oxygen atoms in total. The van der Waals surface area contributed by atoms with Gasteiger partial charge in [0, 0.05) is 48.6 Å². The van der Waals surface area contributed by atoms with Gasteiger partial charge in [0.05, 0.1) is 11.1 Å². The lowest BCUT2D eigenvalue weighted by Gasteiger charge is -2.30. The second kappa shape index (κ2) is 4.46. The van der Waals surface area contributed by atoms with E-state index in [1.54, 1.807) is 12.1 Å². The van der Waals surface area contributed by atoms with E-state index in [1.165, 1.54) is 16.6 Å². The highest BCUT2D eigenvalue weighted by atomic mass is 32.2. The summed E-state index contributed by atoms with van der Waals surface area (Å²) in [5.41, 5.74) is 0. The van der Waals surface area contributed by atoms with Crippen LogP contribution in [0.5, 0.6) is 0 Å². The third-order valence-electron chi connectivity index (χ3n) is 4.37. The van der Waals surface area contributed by atoms with Gasteiger partial charge in [-0.3, -0.25) is 4.98 Å². The molecule has 1 N–H and O–H groups in total. The number of aromatic nitrogens is 1. The average Bonchev–Trinajstić information content (AvgIpc) is 2.74. The van der Waals surface area contributed by atoms with Crippen molar-refractivity contribution >= 4 is 20.8 Å². The number of hydrogen-bond donors (Lipinski definition) is 1. The molecule has 2 saturated heterocycles. The predicted molar refractivity (Wildman–Crippen MR) is 75.7 cm³/mol. The molecule has 0 aliphatic carbocycles. The van der Waals surface area contributed by atoms with Crippen LogP contribution in [0.15, 0.2) is 35.5 Å². The Morgan fingerprint density at radius 1 is 1.29 bits per heavy atom. The van der Waals surface area contributed by atoms with Crippen LogP contribution in [-0.4, -0.2) is 43.4 Å². The zero-order valence-electron chi connectivity index (χ0n) is 11.2. The molecule has 7 heteroatoms. The Hall–Kier alpha value is -1.57. The van der Waals surface area contributed by atoms with Gasteiger partial charge >= 0.3 is 0 Å². The van der Waals surface area contributed by atoms with Crippen LogP contribution < -0.4 is 5.32 Å². The van der Waals surface area contributed by atoms with Crippen LogP contribution in [0.1, 0.15) is 0 Å². The number of rotatable bonds is 2. The van der Waals surface area contributed by atoms with Crippen molar-refractivity contribution in [2.75, 3.05) is 19.6 Å². The zero-order chi connectivity index (χ0) is 14.6. The van der Waals surface area contributed by atoms with Gasteiger partial charge in [-0.1, -0.05) is 12.1 Å². The van der Waals surface area contributed by atoms with Gasteiger partial charge in [-0.05, 0) is 6.07 Å². The molecule has 3 heterocycles. The number of nitrogens with one attached hydrogen (secondary N) is 1. The van der Waals surface area contributed by atoms with Crippen molar-refractivity contribution < 1.29 is 12.8 Å². The van der Waals surface area contributed by atoms with Crippen LogP contribution in [0.4, 0.5) is 4.39 Å². The molecule has 1 aromatic heterocycles. The first-order valence-corrected chi connectivity index (χ1v) is 8.27. The molecule has 1 aromatic carbocycles. The molecule has 2 atom stereocenters. The molecule has 2 aliphatic rings. The average molecular weight is 307 g/mol. The molecular formula is C14H14FN3O2S. The fourth-order valence-corrected chi connectivity index (χ4v) is 4.87. The van der Waals surface area contributed by atoms with Crippen LogP contribution in [0.3, 0.4) is 0 Å². The van der Waals surface area contributed by atoms with Crippen molar-refractivity contribution in [3.05, 3.63) is 36.4 Å². The van der Waals surface area contributed by atoms with Crippen molar-refractivity contribution in [1.29, 1.82) is 0 Å². The molecule has 110 valence electrons. The summed E-state index contributed by atoms with van der Waals surface area (Å²) in [4.78, 5) is 3.80. The second-order valence-electron chi connectivity index (χ2n) is 5.57. The van der Waals surface area contributed by atoms with Crippen molar-refractivity contribution in [1.82, 2.24) is 14.6 Å². The minimum Gasteiger partial charge on any atom is -0.312 e. The van der Waals surface area contributed by atoms with E-state index >= 15 is 0 Å². The maximum absolute atomic E-state index is 14.1. The lowest BCUT2D eigenvalue weighted by molar-refractivity contribution is 0.297. The summed E-state index contributed by atoms with van der Waals surface area (Å²) in [5, 5.41) is 3.84. The van der Waals surface area contributed by atoms with Crippen molar-refractivity contribution in [2.24, 2.45) is 5.92 Å². The molecule has 21 heavy (non-hydrogen) atoms. The Bertz CT molecular complexity index is 807. The van der Waals surface area contributed by atoms with Gasteiger partial charge in [0.2, 0.25) is 10.0 Å². The van der Waals surface area contributed by atoms with E-state index in [9.17, 15) is 12.8 Å². The van der Waals surface area contributed by atoms with Gasteiger partial charge in [-0.2, -0.15) is 4.31 Å². The molecule has 0 amide bonds. The SMILES string of the molecule is O=S(=O)(c1cccc2cncc(F)c12)N1CC2CNC2C1. The van der Waals surface area contributed by atoms with Crippen molar-refractivity contribution in [3.63, 3.8) is 0 Å². The lowest BCUT2D eigenvalue weighted by Crippen LogP contribution is -2.51. The Balaban J connectivity index is 1.86. The topological polar surface area (TPSA) is 62.3 Å². The van der Waals surface area contributed by atoms with Gasteiger partial charge in [0.1, 0.15) is 0 Å². The number of fused-ring (bicyclic) bond motifs is 2. The van der Waals surface area contributed by atoms with E-state index in [-0.39, 0.29) is 16.3 Å². The quantitative estimate of drug-likeness (QED) is 0.898. The molecular weight excluding hydrogens is 293 g/mol. The Kier molecular flexibility index (Phi) is 2.79. The van der Waals surface area contributed by atoms with Crippen molar-refractivity contribution in [3.8, 4) is 0 Å². The number of nitrogens with zero attached hydrogens (tertiary/aromatic N) is 2. The van der Waals surface area contributed by atoms with Gasteiger partial charge < -0.3 is 5.32 Å². The molecule has 4 rings (SSSR count). The normalized spacial score (nSPS) is 25.8. The molecule has 0 saturated carbocycles. The Morgan fingerprint density at radius 2 is 2.14 bits per heavy atom.